The molecule has 14 heavy (non-hydrogen) atoms. The monoisotopic (exact) mass is 214 g/mol. The van der Waals surface area contributed by atoms with E-state index in [-0.39, 0.29) is 6.04 Å². The Kier molecular flexibility index (Phi) is 2.89. The highest BCUT2D eigenvalue weighted by molar-refractivity contribution is 6.30. The van der Waals surface area contributed by atoms with E-state index in [2.05, 4.69) is 5.32 Å². The van der Waals surface area contributed by atoms with Crippen LogP contribution < -0.4 is 5.32 Å². The number of hydrogen-bond donors (Lipinski definition) is 1. The van der Waals surface area contributed by atoms with Gasteiger partial charge in [-0.2, -0.15) is 0 Å². The van der Waals surface area contributed by atoms with Crippen LogP contribution in [0, 0.1) is 6.36 Å². The van der Waals surface area contributed by atoms with Gasteiger partial charge in [0.2, 0.25) is 0 Å². The van der Waals surface area contributed by atoms with Crippen molar-refractivity contribution in [3.05, 3.63) is 35.6 Å². The second-order valence-corrected chi connectivity index (χ2v) is 3.58. The fourth-order valence-corrected chi connectivity index (χ4v) is 1.59. The van der Waals surface area contributed by atoms with Crippen molar-refractivity contribution in [3.63, 3.8) is 0 Å². The molecule has 1 aliphatic rings. The van der Waals surface area contributed by atoms with Gasteiger partial charge in [-0.3, -0.25) is 0 Å². The third-order valence-electron chi connectivity index (χ3n) is 2.09. The highest BCUT2D eigenvalue weighted by Gasteiger charge is 2.29. The summed E-state index contributed by atoms with van der Waals surface area (Å²) < 4.78 is 17.7. The number of hydrogen-bond acceptors (Lipinski definition) is 2. The van der Waals surface area contributed by atoms with Crippen LogP contribution in [-0.4, -0.2) is 12.6 Å². The summed E-state index contributed by atoms with van der Waals surface area (Å²) in [5, 5.41) is 3.64. The van der Waals surface area contributed by atoms with E-state index in [0.29, 0.717) is 18.1 Å². The second kappa shape index (κ2) is 4.15. The molecule has 1 heterocycles. The zero-order valence-corrected chi connectivity index (χ0v) is 8.22. The first-order valence-corrected chi connectivity index (χ1v) is 4.81. The van der Waals surface area contributed by atoms with E-state index in [0.717, 1.165) is 5.69 Å². The van der Waals surface area contributed by atoms with E-state index in [1.165, 1.54) is 0 Å². The van der Waals surface area contributed by atoms with E-state index in [4.69, 9.17) is 16.3 Å². The molecular weight excluding hydrogens is 205 g/mol. The molecular formula is C10H10ClFNO. The lowest BCUT2D eigenvalue weighted by Crippen LogP contribution is -2.20. The van der Waals surface area contributed by atoms with Crippen LogP contribution in [0.15, 0.2) is 24.3 Å². The average Bonchev–Trinajstić information content (AvgIpc) is 2.52. The summed E-state index contributed by atoms with van der Waals surface area (Å²) in [6.07, 6.45) is 0.211. The molecule has 0 bridgehead atoms. The summed E-state index contributed by atoms with van der Waals surface area (Å²) in [7, 11) is 0. The molecule has 2 rings (SSSR count). The van der Waals surface area contributed by atoms with Crippen molar-refractivity contribution in [3.8, 4) is 0 Å². The summed E-state index contributed by atoms with van der Waals surface area (Å²) in [5.74, 6) is 0. The predicted molar refractivity (Wildman–Crippen MR) is 53.8 cm³/mol. The summed E-state index contributed by atoms with van der Waals surface area (Å²) in [4.78, 5) is 0. The third kappa shape index (κ3) is 2.16. The highest BCUT2D eigenvalue weighted by Crippen LogP contribution is 2.26. The van der Waals surface area contributed by atoms with Crippen molar-refractivity contribution < 1.29 is 9.13 Å². The van der Waals surface area contributed by atoms with E-state index in [1.807, 2.05) is 12.1 Å². The lowest BCUT2D eigenvalue weighted by atomic mass is 10.2. The van der Waals surface area contributed by atoms with Crippen LogP contribution in [-0.2, 0) is 4.74 Å². The van der Waals surface area contributed by atoms with Gasteiger partial charge in [-0.05, 0) is 24.6 Å². The number of nitrogens with one attached hydrogen (secondary N) is 1. The molecule has 1 aliphatic heterocycles. The zero-order chi connectivity index (χ0) is 9.97. The molecule has 0 aliphatic carbocycles. The minimum atomic E-state index is -0.440. The number of ether oxygens (including phenoxy) is 1. The first-order chi connectivity index (χ1) is 6.75. The molecule has 1 radical (unpaired) electrons. The number of anilines is 1. The smallest absolute Gasteiger partial charge is 0.291 e. The quantitative estimate of drug-likeness (QED) is 0.817. The van der Waals surface area contributed by atoms with Crippen molar-refractivity contribution in [2.24, 2.45) is 0 Å². The van der Waals surface area contributed by atoms with E-state index < -0.39 is 6.36 Å². The maximum Gasteiger partial charge on any atom is 0.291 e. The zero-order valence-electron chi connectivity index (χ0n) is 7.47. The van der Waals surface area contributed by atoms with Gasteiger partial charge in [0.15, 0.2) is 0 Å². The Morgan fingerprint density at radius 1 is 1.50 bits per heavy atom. The Bertz CT molecular complexity index is 321. The third-order valence-corrected chi connectivity index (χ3v) is 2.32. The van der Waals surface area contributed by atoms with Crippen molar-refractivity contribution >= 4 is 17.3 Å². The van der Waals surface area contributed by atoms with Gasteiger partial charge in [0.05, 0.1) is 12.6 Å². The van der Waals surface area contributed by atoms with Crippen molar-refractivity contribution in [1.82, 2.24) is 0 Å². The van der Waals surface area contributed by atoms with Crippen molar-refractivity contribution in [2.45, 2.75) is 12.5 Å². The summed E-state index contributed by atoms with van der Waals surface area (Å²) in [6.45, 7) is 0.435. The van der Waals surface area contributed by atoms with Gasteiger partial charge in [-0.25, -0.2) is 4.39 Å². The van der Waals surface area contributed by atoms with Crippen LogP contribution in [0.3, 0.4) is 0 Å². The Morgan fingerprint density at radius 2 is 2.36 bits per heavy atom. The molecule has 2 nitrogen and oxygen atoms in total. The molecule has 4 heteroatoms. The first-order valence-electron chi connectivity index (χ1n) is 4.43. The normalized spacial score (nSPS) is 22.6. The minimum Gasteiger partial charge on any atom is -0.376 e. The predicted octanol–water partition coefficient (Wildman–Crippen LogP) is 3.00. The molecule has 1 aromatic rings. The molecule has 0 aromatic heterocycles. The van der Waals surface area contributed by atoms with Gasteiger partial charge in [0.25, 0.3) is 6.36 Å². The second-order valence-electron chi connectivity index (χ2n) is 3.15. The van der Waals surface area contributed by atoms with Gasteiger partial charge in [-0.15, -0.1) is 0 Å². The fraction of sp³-hybridized carbons (Fsp3) is 0.300. The molecule has 1 aromatic carbocycles. The van der Waals surface area contributed by atoms with E-state index >= 15 is 0 Å². The molecule has 1 atom stereocenters. The Hall–Kier alpha value is -0.800. The molecule has 1 N–H and O–H groups in total. The van der Waals surface area contributed by atoms with Gasteiger partial charge in [0.1, 0.15) is 0 Å². The maximum absolute atomic E-state index is 13.0. The van der Waals surface area contributed by atoms with Gasteiger partial charge in [-0.1, -0.05) is 17.7 Å². The standard InChI is InChI=1S/C10H10ClFNO/c11-7-2-1-3-8(6-7)13-9-4-5-14-10(9)12/h1-3,6,9,13H,4-5H2. The van der Waals surface area contributed by atoms with Crippen LogP contribution in [0.25, 0.3) is 0 Å². The van der Waals surface area contributed by atoms with Gasteiger partial charge >= 0.3 is 0 Å². The van der Waals surface area contributed by atoms with Gasteiger partial charge < -0.3 is 10.1 Å². The van der Waals surface area contributed by atoms with Crippen LogP contribution in [0.2, 0.25) is 5.02 Å². The molecule has 1 fully saturated rings. The van der Waals surface area contributed by atoms with Crippen molar-refractivity contribution in [2.75, 3.05) is 11.9 Å². The molecule has 0 saturated carbocycles. The maximum atomic E-state index is 13.0. The Morgan fingerprint density at radius 3 is 3.00 bits per heavy atom. The van der Waals surface area contributed by atoms with Crippen molar-refractivity contribution in [1.29, 1.82) is 0 Å². The van der Waals surface area contributed by atoms with Gasteiger partial charge in [0, 0.05) is 10.7 Å². The van der Waals surface area contributed by atoms with Crippen LogP contribution >= 0.6 is 11.6 Å². The number of halogens is 2. The molecule has 1 unspecified atom stereocenters. The highest BCUT2D eigenvalue weighted by atomic mass is 35.5. The first kappa shape index (κ1) is 9.74. The Labute approximate surface area is 87.0 Å². The lowest BCUT2D eigenvalue weighted by molar-refractivity contribution is 0.108. The van der Waals surface area contributed by atoms with Crippen LogP contribution in [0.5, 0.6) is 0 Å². The SMILES string of the molecule is F[C]1OCCC1Nc1cccc(Cl)c1. The summed E-state index contributed by atoms with van der Waals surface area (Å²) in [6, 6.07) is 6.86. The largest absolute Gasteiger partial charge is 0.376 e. The topological polar surface area (TPSA) is 21.3 Å². The molecule has 1 saturated heterocycles. The van der Waals surface area contributed by atoms with E-state index in [1.54, 1.807) is 12.1 Å². The van der Waals surface area contributed by atoms with E-state index in [9.17, 15) is 4.39 Å². The summed E-state index contributed by atoms with van der Waals surface area (Å²) in [5.41, 5.74) is 0.808. The summed E-state index contributed by atoms with van der Waals surface area (Å²) >= 11 is 5.79. The van der Waals surface area contributed by atoms with Crippen LogP contribution in [0.4, 0.5) is 10.1 Å². The molecule has 75 valence electrons. The average molecular weight is 215 g/mol. The number of benzene rings is 1. The Balaban J connectivity index is 2.03. The number of rotatable bonds is 2. The lowest BCUT2D eigenvalue weighted by Gasteiger charge is -2.13. The molecule has 0 amide bonds. The van der Waals surface area contributed by atoms with Crippen LogP contribution in [0.1, 0.15) is 6.42 Å². The minimum absolute atomic E-state index is 0.339. The molecule has 0 spiro atoms. The fourth-order valence-electron chi connectivity index (χ4n) is 1.40.